The number of rotatable bonds is 5. The Morgan fingerprint density at radius 2 is 2.00 bits per heavy atom. The Morgan fingerprint density at radius 3 is 2.67 bits per heavy atom. The van der Waals surface area contributed by atoms with Crippen LogP contribution in [0.15, 0.2) is 17.3 Å². The van der Waals surface area contributed by atoms with Crippen molar-refractivity contribution in [1.29, 1.82) is 0 Å². The number of piperidine rings is 1. The van der Waals surface area contributed by atoms with Crippen LogP contribution in [0.3, 0.4) is 0 Å². The number of nitrogens with zero attached hydrogens (tertiary/aromatic N) is 2. The Bertz CT molecular complexity index is 615. The normalized spacial score (nSPS) is 25.2. The van der Waals surface area contributed by atoms with Crippen LogP contribution in [0.1, 0.15) is 49.8 Å². The molecule has 0 aliphatic carbocycles. The van der Waals surface area contributed by atoms with Gasteiger partial charge in [0.25, 0.3) is 0 Å². The van der Waals surface area contributed by atoms with Crippen molar-refractivity contribution < 1.29 is 14.7 Å². The summed E-state index contributed by atoms with van der Waals surface area (Å²) in [5.74, 6) is 1.94. The third kappa shape index (κ3) is 3.09. The average Bonchev–Trinajstić information content (AvgIpc) is 2.63. The van der Waals surface area contributed by atoms with Crippen LogP contribution in [0.5, 0.6) is 11.5 Å². The zero-order valence-electron chi connectivity index (χ0n) is 14.9. The van der Waals surface area contributed by atoms with Crippen LogP contribution in [-0.2, 0) is 6.42 Å². The fourth-order valence-corrected chi connectivity index (χ4v) is 4.12. The van der Waals surface area contributed by atoms with E-state index in [1.165, 1.54) is 24.0 Å². The van der Waals surface area contributed by atoms with Crippen molar-refractivity contribution >= 4 is 5.71 Å². The molecule has 1 saturated heterocycles. The van der Waals surface area contributed by atoms with Gasteiger partial charge in [-0.1, -0.05) is 24.9 Å². The molecule has 1 aromatic rings. The van der Waals surface area contributed by atoms with Gasteiger partial charge >= 0.3 is 0 Å². The molecular formula is C19H28N2O3. The summed E-state index contributed by atoms with van der Waals surface area (Å²) in [6, 6.07) is 4.48. The van der Waals surface area contributed by atoms with Crippen LogP contribution < -0.4 is 9.47 Å². The number of oxime groups is 1. The molecule has 0 aromatic heterocycles. The van der Waals surface area contributed by atoms with Crippen molar-refractivity contribution in [2.75, 3.05) is 27.3 Å². The lowest BCUT2D eigenvalue weighted by Crippen LogP contribution is -2.46. The number of hydrogen-bond acceptors (Lipinski definition) is 5. The molecule has 2 atom stereocenters. The molecule has 0 saturated carbocycles. The van der Waals surface area contributed by atoms with E-state index in [9.17, 15) is 5.21 Å². The number of unbranched alkanes of at least 4 members (excludes halogenated alkanes) is 1. The summed E-state index contributed by atoms with van der Waals surface area (Å²) in [7, 11) is 3.35. The molecule has 24 heavy (non-hydrogen) atoms. The second-order valence-electron chi connectivity index (χ2n) is 6.80. The van der Waals surface area contributed by atoms with Crippen LogP contribution in [0, 0.1) is 5.92 Å². The van der Waals surface area contributed by atoms with Gasteiger partial charge in [0, 0.05) is 31.5 Å². The fourth-order valence-electron chi connectivity index (χ4n) is 4.12. The molecule has 0 spiro atoms. The highest BCUT2D eigenvalue weighted by atomic mass is 16.5. The first kappa shape index (κ1) is 17.1. The Hall–Kier alpha value is -1.75. The first-order valence-electron chi connectivity index (χ1n) is 8.91. The molecule has 1 N–H and O–H groups in total. The standard InChI is InChI=1S/C19H28N2O3/c1-4-5-6-14-12-21-8-7-13-9-18(23-2)19(24-3)10-15(13)17(21)11-16(14)20-22/h9-10,14,17,22H,4-8,11-12H2,1-3H3. The minimum absolute atomic E-state index is 0.275. The van der Waals surface area contributed by atoms with Gasteiger partial charge in [0.15, 0.2) is 11.5 Å². The van der Waals surface area contributed by atoms with Gasteiger partial charge in [-0.3, -0.25) is 4.90 Å². The average molecular weight is 332 g/mol. The molecule has 2 heterocycles. The SMILES string of the molecule is CCCCC1CN2CCc3cc(OC)c(OC)cc3C2CC1=NO. The summed E-state index contributed by atoms with van der Waals surface area (Å²) >= 11 is 0. The van der Waals surface area contributed by atoms with Crippen molar-refractivity contribution in [3.8, 4) is 11.5 Å². The summed E-state index contributed by atoms with van der Waals surface area (Å²) in [5, 5.41) is 13.2. The smallest absolute Gasteiger partial charge is 0.161 e. The van der Waals surface area contributed by atoms with Crippen molar-refractivity contribution in [3.05, 3.63) is 23.3 Å². The zero-order chi connectivity index (χ0) is 17.1. The first-order valence-corrected chi connectivity index (χ1v) is 8.91. The molecule has 5 nitrogen and oxygen atoms in total. The number of fused-ring (bicyclic) bond motifs is 3. The number of ether oxygens (including phenoxy) is 2. The second kappa shape index (κ2) is 7.43. The van der Waals surface area contributed by atoms with E-state index in [2.05, 4.69) is 29.1 Å². The highest BCUT2D eigenvalue weighted by Crippen LogP contribution is 2.42. The molecular weight excluding hydrogens is 304 g/mol. The summed E-state index contributed by atoms with van der Waals surface area (Å²) in [6.07, 6.45) is 5.30. The molecule has 1 aromatic carbocycles. The Labute approximate surface area is 144 Å². The van der Waals surface area contributed by atoms with Gasteiger partial charge in [-0.15, -0.1) is 0 Å². The molecule has 2 unspecified atom stereocenters. The van der Waals surface area contributed by atoms with Crippen LogP contribution in [0.25, 0.3) is 0 Å². The van der Waals surface area contributed by atoms with Crippen LogP contribution in [-0.4, -0.2) is 43.1 Å². The van der Waals surface area contributed by atoms with E-state index in [-0.39, 0.29) is 6.04 Å². The van der Waals surface area contributed by atoms with E-state index < -0.39 is 0 Å². The molecule has 132 valence electrons. The van der Waals surface area contributed by atoms with Crippen molar-refractivity contribution in [2.45, 2.75) is 45.1 Å². The third-order valence-corrected chi connectivity index (χ3v) is 5.48. The van der Waals surface area contributed by atoms with Crippen LogP contribution in [0.4, 0.5) is 0 Å². The summed E-state index contributed by atoms with van der Waals surface area (Å²) in [5.41, 5.74) is 3.56. The molecule has 2 aliphatic rings. The topological polar surface area (TPSA) is 54.3 Å². The van der Waals surface area contributed by atoms with Gasteiger partial charge in [0.1, 0.15) is 0 Å². The molecule has 3 rings (SSSR count). The van der Waals surface area contributed by atoms with E-state index in [0.29, 0.717) is 5.92 Å². The maximum absolute atomic E-state index is 9.51. The molecule has 0 amide bonds. The van der Waals surface area contributed by atoms with Crippen molar-refractivity contribution in [3.63, 3.8) is 0 Å². The van der Waals surface area contributed by atoms with Gasteiger partial charge in [-0.05, 0) is 36.1 Å². The van der Waals surface area contributed by atoms with Crippen molar-refractivity contribution in [2.24, 2.45) is 11.1 Å². The van der Waals surface area contributed by atoms with E-state index in [4.69, 9.17) is 9.47 Å². The zero-order valence-corrected chi connectivity index (χ0v) is 14.9. The van der Waals surface area contributed by atoms with E-state index in [1.807, 2.05) is 0 Å². The Kier molecular flexibility index (Phi) is 5.29. The second-order valence-corrected chi connectivity index (χ2v) is 6.80. The van der Waals surface area contributed by atoms with Crippen LogP contribution >= 0.6 is 0 Å². The van der Waals surface area contributed by atoms with Gasteiger partial charge < -0.3 is 14.7 Å². The Morgan fingerprint density at radius 1 is 1.25 bits per heavy atom. The van der Waals surface area contributed by atoms with Gasteiger partial charge in [0.05, 0.1) is 19.9 Å². The van der Waals surface area contributed by atoms with E-state index in [0.717, 1.165) is 49.6 Å². The van der Waals surface area contributed by atoms with E-state index >= 15 is 0 Å². The summed E-state index contributed by atoms with van der Waals surface area (Å²) in [6.45, 7) is 4.24. The maximum atomic E-state index is 9.51. The van der Waals surface area contributed by atoms with Crippen LogP contribution in [0.2, 0.25) is 0 Å². The largest absolute Gasteiger partial charge is 0.493 e. The molecule has 2 aliphatic heterocycles. The molecule has 0 radical (unpaired) electrons. The summed E-state index contributed by atoms with van der Waals surface area (Å²) < 4.78 is 10.9. The number of hydrogen-bond donors (Lipinski definition) is 1. The summed E-state index contributed by atoms with van der Waals surface area (Å²) in [4.78, 5) is 2.54. The lowest BCUT2D eigenvalue weighted by molar-refractivity contribution is 0.147. The minimum atomic E-state index is 0.275. The van der Waals surface area contributed by atoms with E-state index in [1.54, 1.807) is 14.2 Å². The number of benzene rings is 1. The monoisotopic (exact) mass is 332 g/mol. The van der Waals surface area contributed by atoms with Gasteiger partial charge in [0.2, 0.25) is 0 Å². The predicted octanol–water partition coefficient (Wildman–Crippen LogP) is 3.64. The quantitative estimate of drug-likeness (QED) is 0.661. The Balaban J connectivity index is 1.89. The van der Waals surface area contributed by atoms with Gasteiger partial charge in [-0.2, -0.15) is 0 Å². The molecule has 5 heteroatoms. The fraction of sp³-hybridized carbons (Fsp3) is 0.632. The minimum Gasteiger partial charge on any atom is -0.493 e. The molecule has 0 bridgehead atoms. The highest BCUT2D eigenvalue weighted by Gasteiger charge is 2.37. The lowest BCUT2D eigenvalue weighted by atomic mass is 9.80. The van der Waals surface area contributed by atoms with Crippen molar-refractivity contribution in [1.82, 2.24) is 4.90 Å². The predicted molar refractivity (Wildman–Crippen MR) is 94.4 cm³/mol. The maximum Gasteiger partial charge on any atom is 0.161 e. The molecule has 1 fully saturated rings. The first-order chi connectivity index (χ1) is 11.7. The van der Waals surface area contributed by atoms with Gasteiger partial charge in [-0.25, -0.2) is 0 Å². The number of methoxy groups -OCH3 is 2. The highest BCUT2D eigenvalue weighted by molar-refractivity contribution is 5.88. The lowest BCUT2D eigenvalue weighted by Gasteiger charge is -2.44. The third-order valence-electron chi connectivity index (χ3n) is 5.48.